The summed E-state index contributed by atoms with van der Waals surface area (Å²) in [6.07, 6.45) is 1.69. The Morgan fingerprint density at radius 3 is 2.10 bits per heavy atom. The van der Waals surface area contributed by atoms with Crippen LogP contribution in [0.3, 0.4) is 0 Å². The maximum Gasteiger partial charge on any atom is 0.335 e. The number of aromatic carboxylic acids is 1. The molecule has 0 spiro atoms. The van der Waals surface area contributed by atoms with Gasteiger partial charge >= 0.3 is 5.97 Å². The molecule has 2 aromatic carbocycles. The molecule has 1 saturated carbocycles. The molecule has 106 valence electrons. The summed E-state index contributed by atoms with van der Waals surface area (Å²) in [7, 11) is 0. The number of anilines is 1. The molecule has 4 heteroatoms. The van der Waals surface area contributed by atoms with Crippen molar-refractivity contribution in [3.05, 3.63) is 65.7 Å². The molecule has 21 heavy (non-hydrogen) atoms. The number of hydrogen-bond donors (Lipinski definition) is 2. The van der Waals surface area contributed by atoms with Crippen molar-refractivity contribution in [1.82, 2.24) is 0 Å². The molecular formula is C17H15NO3. The van der Waals surface area contributed by atoms with Crippen molar-refractivity contribution in [2.75, 3.05) is 5.32 Å². The fraction of sp³-hybridized carbons (Fsp3) is 0.176. The highest BCUT2D eigenvalue weighted by Gasteiger charge is 2.51. The van der Waals surface area contributed by atoms with Crippen LogP contribution in [0, 0.1) is 0 Å². The maximum absolute atomic E-state index is 12.5. The van der Waals surface area contributed by atoms with Crippen molar-refractivity contribution in [2.24, 2.45) is 0 Å². The van der Waals surface area contributed by atoms with Gasteiger partial charge in [-0.25, -0.2) is 4.79 Å². The summed E-state index contributed by atoms with van der Waals surface area (Å²) in [6, 6.07) is 15.9. The molecule has 3 rings (SSSR count). The Kier molecular flexibility index (Phi) is 3.22. The van der Waals surface area contributed by atoms with Crippen LogP contribution in [-0.4, -0.2) is 17.0 Å². The molecule has 2 aromatic rings. The van der Waals surface area contributed by atoms with Crippen LogP contribution in [0.15, 0.2) is 54.6 Å². The third kappa shape index (κ3) is 2.52. The smallest absolute Gasteiger partial charge is 0.335 e. The standard InChI is InChI=1S/C17H15NO3/c19-15(20)12-6-8-14(9-7-12)18-16(21)17(10-11-17)13-4-2-1-3-5-13/h1-9H,10-11H2,(H,18,21)(H,19,20). The van der Waals surface area contributed by atoms with E-state index in [4.69, 9.17) is 5.11 Å². The van der Waals surface area contributed by atoms with Gasteiger partial charge < -0.3 is 10.4 Å². The summed E-state index contributed by atoms with van der Waals surface area (Å²) in [5, 5.41) is 11.7. The molecule has 1 aliphatic rings. The van der Waals surface area contributed by atoms with E-state index in [2.05, 4.69) is 5.32 Å². The highest BCUT2D eigenvalue weighted by atomic mass is 16.4. The SMILES string of the molecule is O=C(O)c1ccc(NC(=O)C2(c3ccccc3)CC2)cc1. The zero-order chi connectivity index (χ0) is 14.9. The Morgan fingerprint density at radius 2 is 1.57 bits per heavy atom. The van der Waals surface area contributed by atoms with Gasteiger partial charge in [-0.2, -0.15) is 0 Å². The van der Waals surface area contributed by atoms with E-state index in [1.807, 2.05) is 30.3 Å². The lowest BCUT2D eigenvalue weighted by atomic mass is 9.95. The van der Waals surface area contributed by atoms with Crippen LogP contribution >= 0.6 is 0 Å². The zero-order valence-electron chi connectivity index (χ0n) is 11.4. The normalized spacial score (nSPS) is 15.2. The van der Waals surface area contributed by atoms with Gasteiger partial charge in [0.15, 0.2) is 0 Å². The number of nitrogens with one attached hydrogen (secondary N) is 1. The van der Waals surface area contributed by atoms with E-state index in [1.165, 1.54) is 12.1 Å². The first-order valence-corrected chi connectivity index (χ1v) is 6.82. The van der Waals surface area contributed by atoms with Gasteiger partial charge in [0.1, 0.15) is 0 Å². The first-order chi connectivity index (χ1) is 10.1. The van der Waals surface area contributed by atoms with Gasteiger partial charge in [-0.15, -0.1) is 0 Å². The number of benzene rings is 2. The molecule has 0 bridgehead atoms. The minimum absolute atomic E-state index is 0.0308. The Bertz CT molecular complexity index is 673. The van der Waals surface area contributed by atoms with E-state index in [0.717, 1.165) is 18.4 Å². The second kappa shape index (κ2) is 5.05. The van der Waals surface area contributed by atoms with Gasteiger partial charge in [-0.3, -0.25) is 4.79 Å². The molecule has 2 N–H and O–H groups in total. The van der Waals surface area contributed by atoms with Gasteiger partial charge in [0, 0.05) is 5.69 Å². The van der Waals surface area contributed by atoms with Crippen molar-refractivity contribution >= 4 is 17.6 Å². The lowest BCUT2D eigenvalue weighted by Gasteiger charge is -2.15. The molecule has 4 nitrogen and oxygen atoms in total. The summed E-state index contributed by atoms with van der Waals surface area (Å²) in [5.74, 6) is -1.01. The monoisotopic (exact) mass is 281 g/mol. The molecular weight excluding hydrogens is 266 g/mol. The molecule has 1 fully saturated rings. The zero-order valence-corrected chi connectivity index (χ0v) is 11.4. The van der Waals surface area contributed by atoms with Crippen LogP contribution < -0.4 is 5.32 Å². The van der Waals surface area contributed by atoms with Crippen LogP contribution in [0.25, 0.3) is 0 Å². The van der Waals surface area contributed by atoms with Crippen LogP contribution in [0.1, 0.15) is 28.8 Å². The van der Waals surface area contributed by atoms with Crippen molar-refractivity contribution in [2.45, 2.75) is 18.3 Å². The van der Waals surface area contributed by atoms with Crippen molar-refractivity contribution < 1.29 is 14.7 Å². The molecule has 0 atom stereocenters. The van der Waals surface area contributed by atoms with Crippen molar-refractivity contribution in [3.8, 4) is 0 Å². The average Bonchev–Trinajstić information content (AvgIpc) is 3.30. The van der Waals surface area contributed by atoms with Crippen LogP contribution in [-0.2, 0) is 10.2 Å². The summed E-state index contributed by atoms with van der Waals surface area (Å²) < 4.78 is 0. The van der Waals surface area contributed by atoms with Crippen LogP contribution in [0.4, 0.5) is 5.69 Å². The predicted octanol–water partition coefficient (Wildman–Crippen LogP) is 3.06. The fourth-order valence-electron chi connectivity index (χ4n) is 2.48. The topological polar surface area (TPSA) is 66.4 Å². The number of amides is 1. The second-order valence-corrected chi connectivity index (χ2v) is 5.28. The van der Waals surface area contributed by atoms with Gasteiger partial charge in [-0.05, 0) is 42.7 Å². The van der Waals surface area contributed by atoms with E-state index in [9.17, 15) is 9.59 Å². The van der Waals surface area contributed by atoms with Gasteiger partial charge in [0.2, 0.25) is 5.91 Å². The first kappa shape index (κ1) is 13.4. The van der Waals surface area contributed by atoms with Crippen LogP contribution in [0.2, 0.25) is 0 Å². The number of carbonyl (C=O) groups excluding carboxylic acids is 1. The van der Waals surface area contributed by atoms with E-state index < -0.39 is 11.4 Å². The number of carboxylic acids is 1. The number of rotatable bonds is 4. The Hall–Kier alpha value is -2.62. The van der Waals surface area contributed by atoms with E-state index in [0.29, 0.717) is 5.69 Å². The van der Waals surface area contributed by atoms with Crippen LogP contribution in [0.5, 0.6) is 0 Å². The number of carboxylic acid groups (broad SMARTS) is 1. The highest BCUT2D eigenvalue weighted by Crippen LogP contribution is 2.48. The Balaban J connectivity index is 1.76. The Labute approximate surface area is 122 Å². The van der Waals surface area contributed by atoms with Crippen molar-refractivity contribution in [3.63, 3.8) is 0 Å². The maximum atomic E-state index is 12.5. The van der Waals surface area contributed by atoms with Crippen molar-refractivity contribution in [1.29, 1.82) is 0 Å². The van der Waals surface area contributed by atoms with Gasteiger partial charge in [0.05, 0.1) is 11.0 Å². The quantitative estimate of drug-likeness (QED) is 0.905. The summed E-state index contributed by atoms with van der Waals surface area (Å²) in [5.41, 5.74) is 1.43. The average molecular weight is 281 g/mol. The predicted molar refractivity (Wildman–Crippen MR) is 79.4 cm³/mol. The summed E-state index contributed by atoms with van der Waals surface area (Å²) >= 11 is 0. The number of hydrogen-bond acceptors (Lipinski definition) is 2. The molecule has 0 aliphatic heterocycles. The molecule has 1 aliphatic carbocycles. The summed E-state index contributed by atoms with van der Waals surface area (Å²) in [4.78, 5) is 23.3. The lowest BCUT2D eigenvalue weighted by Crippen LogP contribution is -2.27. The molecule has 0 heterocycles. The van der Waals surface area contributed by atoms with Gasteiger partial charge in [0.25, 0.3) is 0 Å². The third-order valence-corrected chi connectivity index (χ3v) is 3.90. The molecule has 1 amide bonds. The third-order valence-electron chi connectivity index (χ3n) is 3.90. The Morgan fingerprint density at radius 1 is 0.952 bits per heavy atom. The number of carbonyl (C=O) groups is 2. The molecule has 0 aromatic heterocycles. The largest absolute Gasteiger partial charge is 0.478 e. The minimum Gasteiger partial charge on any atom is -0.478 e. The summed E-state index contributed by atoms with van der Waals surface area (Å²) in [6.45, 7) is 0. The lowest BCUT2D eigenvalue weighted by molar-refractivity contribution is -0.118. The highest BCUT2D eigenvalue weighted by molar-refractivity contribution is 6.01. The molecule has 0 saturated heterocycles. The van der Waals surface area contributed by atoms with E-state index in [-0.39, 0.29) is 11.5 Å². The van der Waals surface area contributed by atoms with E-state index in [1.54, 1.807) is 12.1 Å². The first-order valence-electron chi connectivity index (χ1n) is 6.82. The second-order valence-electron chi connectivity index (χ2n) is 5.28. The molecule has 0 radical (unpaired) electrons. The fourth-order valence-corrected chi connectivity index (χ4v) is 2.48. The van der Waals surface area contributed by atoms with Gasteiger partial charge in [-0.1, -0.05) is 30.3 Å². The van der Waals surface area contributed by atoms with E-state index >= 15 is 0 Å². The minimum atomic E-state index is -0.976. The molecule has 0 unspecified atom stereocenters.